The number of amides is 1. The van der Waals surface area contributed by atoms with E-state index < -0.39 is 0 Å². The molecular formula is C17H22N4O3. The van der Waals surface area contributed by atoms with Gasteiger partial charge < -0.3 is 14.5 Å². The Kier molecular flexibility index (Phi) is 5.10. The summed E-state index contributed by atoms with van der Waals surface area (Å²) >= 11 is 0. The van der Waals surface area contributed by atoms with E-state index in [1.165, 1.54) is 0 Å². The van der Waals surface area contributed by atoms with Crippen LogP contribution < -0.4 is 10.1 Å². The third-order valence-electron chi connectivity index (χ3n) is 4.30. The SMILES string of the molecule is COc1ncc(CN2CC[C@H](CNC(=O)c3ccoc3C)C2)cn1. The predicted octanol–water partition coefficient (Wildman–Crippen LogP) is 1.64. The van der Waals surface area contributed by atoms with Gasteiger partial charge in [0.2, 0.25) is 0 Å². The third-order valence-corrected chi connectivity index (χ3v) is 4.30. The zero-order chi connectivity index (χ0) is 16.9. The number of carbonyl (C=O) groups is 1. The zero-order valence-electron chi connectivity index (χ0n) is 14.0. The summed E-state index contributed by atoms with van der Waals surface area (Å²) in [7, 11) is 1.55. The molecule has 1 atom stereocenters. The van der Waals surface area contributed by atoms with Crippen molar-refractivity contribution in [3.8, 4) is 6.01 Å². The molecule has 0 bridgehead atoms. The molecule has 128 valence electrons. The van der Waals surface area contributed by atoms with Crippen LogP contribution in [-0.4, -0.2) is 47.5 Å². The minimum absolute atomic E-state index is 0.0664. The van der Waals surface area contributed by atoms with Crippen LogP contribution in [0, 0.1) is 12.8 Å². The summed E-state index contributed by atoms with van der Waals surface area (Å²) in [6.07, 6.45) is 6.20. The van der Waals surface area contributed by atoms with Crippen LogP contribution >= 0.6 is 0 Å². The Labute approximate surface area is 141 Å². The molecule has 7 nitrogen and oxygen atoms in total. The molecule has 0 spiro atoms. The first kappa shape index (κ1) is 16.4. The van der Waals surface area contributed by atoms with Gasteiger partial charge in [0, 0.05) is 37.6 Å². The van der Waals surface area contributed by atoms with Gasteiger partial charge in [0.05, 0.1) is 18.9 Å². The highest BCUT2D eigenvalue weighted by atomic mass is 16.5. The summed E-state index contributed by atoms with van der Waals surface area (Å²) < 4.78 is 10.1. The predicted molar refractivity (Wildman–Crippen MR) is 87.7 cm³/mol. The summed E-state index contributed by atoms with van der Waals surface area (Å²) in [5.74, 6) is 1.05. The minimum atomic E-state index is -0.0664. The van der Waals surface area contributed by atoms with E-state index in [0.717, 1.165) is 31.6 Å². The number of nitrogens with one attached hydrogen (secondary N) is 1. The molecule has 2 aromatic rings. The number of aryl methyl sites for hydroxylation is 1. The Bertz CT molecular complexity index is 683. The van der Waals surface area contributed by atoms with Crippen molar-refractivity contribution in [1.29, 1.82) is 0 Å². The molecule has 3 heterocycles. The summed E-state index contributed by atoms with van der Waals surface area (Å²) in [5, 5.41) is 3.00. The maximum atomic E-state index is 12.1. The first-order valence-corrected chi connectivity index (χ1v) is 8.05. The molecule has 0 aromatic carbocycles. The average Bonchev–Trinajstić information content (AvgIpc) is 3.22. The van der Waals surface area contributed by atoms with E-state index in [-0.39, 0.29) is 5.91 Å². The lowest BCUT2D eigenvalue weighted by Crippen LogP contribution is -2.31. The van der Waals surface area contributed by atoms with Crippen LogP contribution in [0.5, 0.6) is 6.01 Å². The summed E-state index contributed by atoms with van der Waals surface area (Å²) in [6.45, 7) is 5.26. The minimum Gasteiger partial charge on any atom is -0.469 e. The largest absolute Gasteiger partial charge is 0.469 e. The van der Waals surface area contributed by atoms with Crippen LogP contribution in [0.25, 0.3) is 0 Å². The number of hydrogen-bond donors (Lipinski definition) is 1. The van der Waals surface area contributed by atoms with E-state index in [9.17, 15) is 4.79 Å². The first-order valence-electron chi connectivity index (χ1n) is 8.05. The number of rotatable bonds is 6. The molecule has 1 saturated heterocycles. The maximum absolute atomic E-state index is 12.1. The van der Waals surface area contributed by atoms with Gasteiger partial charge in [-0.25, -0.2) is 9.97 Å². The molecule has 1 aliphatic heterocycles. The third kappa shape index (κ3) is 3.91. The number of hydrogen-bond acceptors (Lipinski definition) is 6. The van der Waals surface area contributed by atoms with E-state index in [2.05, 4.69) is 20.2 Å². The van der Waals surface area contributed by atoms with Gasteiger partial charge in [-0.05, 0) is 31.9 Å². The van der Waals surface area contributed by atoms with Gasteiger partial charge >= 0.3 is 6.01 Å². The molecule has 0 unspecified atom stereocenters. The summed E-state index contributed by atoms with van der Waals surface area (Å²) in [6, 6.07) is 2.09. The molecule has 1 amide bonds. The van der Waals surface area contributed by atoms with Crippen molar-refractivity contribution in [2.75, 3.05) is 26.7 Å². The Morgan fingerprint density at radius 1 is 1.46 bits per heavy atom. The Hall–Kier alpha value is -2.41. The zero-order valence-corrected chi connectivity index (χ0v) is 14.0. The molecule has 0 radical (unpaired) electrons. The maximum Gasteiger partial charge on any atom is 0.316 e. The summed E-state index contributed by atoms with van der Waals surface area (Å²) in [4.78, 5) is 22.7. The van der Waals surface area contributed by atoms with Crippen LogP contribution in [0.1, 0.15) is 28.1 Å². The fraction of sp³-hybridized carbons (Fsp3) is 0.471. The van der Waals surface area contributed by atoms with Gasteiger partial charge in [-0.15, -0.1) is 0 Å². The van der Waals surface area contributed by atoms with E-state index in [1.807, 2.05) is 0 Å². The molecule has 1 aliphatic rings. The molecular weight excluding hydrogens is 308 g/mol. The number of furan rings is 1. The van der Waals surface area contributed by atoms with Gasteiger partial charge in [-0.3, -0.25) is 9.69 Å². The second kappa shape index (κ2) is 7.44. The van der Waals surface area contributed by atoms with Crippen LogP contribution in [0.15, 0.2) is 29.1 Å². The molecule has 0 saturated carbocycles. The quantitative estimate of drug-likeness (QED) is 0.867. The van der Waals surface area contributed by atoms with Gasteiger partial charge in [-0.1, -0.05) is 0 Å². The highest BCUT2D eigenvalue weighted by Crippen LogP contribution is 2.18. The number of methoxy groups -OCH3 is 1. The number of aromatic nitrogens is 2. The fourth-order valence-corrected chi connectivity index (χ4v) is 2.96. The standard InChI is InChI=1S/C17H22N4O3/c1-12-15(4-6-24-12)16(22)18-7-13-3-5-21(10-13)11-14-8-19-17(23-2)20-9-14/h4,6,8-9,13H,3,5,7,10-11H2,1-2H3,(H,18,22)/t13-/m1/s1. The number of likely N-dealkylation sites (tertiary alicyclic amines) is 1. The second-order valence-corrected chi connectivity index (χ2v) is 6.07. The van der Waals surface area contributed by atoms with Gasteiger partial charge in [0.25, 0.3) is 5.91 Å². The molecule has 2 aromatic heterocycles. The highest BCUT2D eigenvalue weighted by Gasteiger charge is 2.23. The van der Waals surface area contributed by atoms with E-state index in [1.54, 1.807) is 38.8 Å². The van der Waals surface area contributed by atoms with Crippen molar-refractivity contribution in [3.05, 3.63) is 41.6 Å². The Morgan fingerprint density at radius 3 is 2.92 bits per heavy atom. The van der Waals surface area contributed by atoms with E-state index >= 15 is 0 Å². The van der Waals surface area contributed by atoms with Crippen molar-refractivity contribution in [1.82, 2.24) is 20.2 Å². The average molecular weight is 330 g/mol. The molecule has 24 heavy (non-hydrogen) atoms. The van der Waals surface area contributed by atoms with Crippen molar-refractivity contribution < 1.29 is 13.9 Å². The Morgan fingerprint density at radius 2 is 2.25 bits per heavy atom. The number of carbonyl (C=O) groups excluding carboxylic acids is 1. The molecule has 7 heteroatoms. The Balaban J connectivity index is 1.45. The lowest BCUT2D eigenvalue weighted by atomic mass is 10.1. The van der Waals surface area contributed by atoms with E-state index in [4.69, 9.17) is 9.15 Å². The smallest absolute Gasteiger partial charge is 0.316 e. The van der Waals surface area contributed by atoms with Crippen molar-refractivity contribution in [3.63, 3.8) is 0 Å². The van der Waals surface area contributed by atoms with Crippen molar-refractivity contribution in [2.24, 2.45) is 5.92 Å². The van der Waals surface area contributed by atoms with Crippen LogP contribution in [-0.2, 0) is 6.54 Å². The highest BCUT2D eigenvalue weighted by molar-refractivity contribution is 5.95. The molecule has 3 rings (SSSR count). The van der Waals surface area contributed by atoms with E-state index in [0.29, 0.717) is 29.8 Å². The van der Waals surface area contributed by atoms with Crippen LogP contribution in [0.3, 0.4) is 0 Å². The van der Waals surface area contributed by atoms with Gasteiger partial charge in [0.1, 0.15) is 5.76 Å². The lowest BCUT2D eigenvalue weighted by molar-refractivity contribution is 0.0945. The lowest BCUT2D eigenvalue weighted by Gasteiger charge is -2.16. The molecule has 0 aliphatic carbocycles. The van der Waals surface area contributed by atoms with Crippen molar-refractivity contribution >= 4 is 5.91 Å². The topological polar surface area (TPSA) is 80.5 Å². The van der Waals surface area contributed by atoms with Crippen LogP contribution in [0.2, 0.25) is 0 Å². The van der Waals surface area contributed by atoms with Gasteiger partial charge in [0.15, 0.2) is 0 Å². The number of ether oxygens (including phenoxy) is 1. The van der Waals surface area contributed by atoms with Gasteiger partial charge in [-0.2, -0.15) is 0 Å². The normalized spacial score (nSPS) is 17.8. The van der Waals surface area contributed by atoms with Crippen LogP contribution in [0.4, 0.5) is 0 Å². The monoisotopic (exact) mass is 330 g/mol. The summed E-state index contributed by atoms with van der Waals surface area (Å²) in [5.41, 5.74) is 1.68. The second-order valence-electron chi connectivity index (χ2n) is 6.07. The van der Waals surface area contributed by atoms with Crippen molar-refractivity contribution in [2.45, 2.75) is 19.9 Å². The fourth-order valence-electron chi connectivity index (χ4n) is 2.96. The molecule has 1 fully saturated rings. The molecule has 1 N–H and O–H groups in total. The number of nitrogens with zero attached hydrogens (tertiary/aromatic N) is 3. The first-order chi connectivity index (χ1) is 11.7.